The van der Waals surface area contributed by atoms with E-state index in [1.165, 1.54) is 11.3 Å². The number of nitrogens with zero attached hydrogens (tertiary/aromatic N) is 1. The smallest absolute Gasteiger partial charge is 0.348 e. The summed E-state index contributed by atoms with van der Waals surface area (Å²) in [5, 5.41) is 11.4. The van der Waals surface area contributed by atoms with Gasteiger partial charge in [0.2, 0.25) is 0 Å². The van der Waals surface area contributed by atoms with Gasteiger partial charge in [-0.25, -0.2) is 4.79 Å². The molecule has 2 rings (SSSR count). The first-order valence-electron chi connectivity index (χ1n) is 7.10. The van der Waals surface area contributed by atoms with Gasteiger partial charge < -0.3 is 10.1 Å². The van der Waals surface area contributed by atoms with Crippen molar-refractivity contribution in [3.63, 3.8) is 0 Å². The Balaban J connectivity index is 1.90. The molecule has 2 aromatic rings. The highest BCUT2D eigenvalue weighted by atomic mass is 32.1. The van der Waals surface area contributed by atoms with Gasteiger partial charge in [-0.05, 0) is 43.2 Å². The fourth-order valence-electron chi connectivity index (χ4n) is 2.04. The second-order valence-electron chi connectivity index (χ2n) is 4.86. The van der Waals surface area contributed by atoms with Crippen molar-refractivity contribution in [1.29, 1.82) is 5.26 Å². The lowest BCUT2D eigenvalue weighted by atomic mass is 10.2. The predicted molar refractivity (Wildman–Crippen MR) is 88.5 cm³/mol. The summed E-state index contributed by atoms with van der Waals surface area (Å²) in [6, 6.07) is 10.3. The van der Waals surface area contributed by atoms with E-state index in [9.17, 15) is 9.59 Å². The molecule has 0 aliphatic heterocycles. The predicted octanol–water partition coefficient (Wildman–Crippen LogP) is 3.29. The summed E-state index contributed by atoms with van der Waals surface area (Å²) in [5.41, 5.74) is 2.05. The molecule has 0 fully saturated rings. The molecule has 6 heteroatoms. The second kappa shape index (κ2) is 7.56. The summed E-state index contributed by atoms with van der Waals surface area (Å²) >= 11 is 1.37. The SMILES string of the molecule is CCc1cc(C(=O)OCC(=O)Nc2cccc(C#N)c2)sc1C. The maximum Gasteiger partial charge on any atom is 0.348 e. The Hall–Kier alpha value is -2.65. The van der Waals surface area contributed by atoms with Gasteiger partial charge in [0.15, 0.2) is 6.61 Å². The van der Waals surface area contributed by atoms with Crippen LogP contribution in [0.2, 0.25) is 0 Å². The zero-order chi connectivity index (χ0) is 16.8. The molecule has 0 aliphatic rings. The Labute approximate surface area is 138 Å². The van der Waals surface area contributed by atoms with Gasteiger partial charge >= 0.3 is 5.97 Å². The number of carbonyl (C=O) groups excluding carboxylic acids is 2. The number of ether oxygens (including phenoxy) is 1. The van der Waals surface area contributed by atoms with Crippen LogP contribution in [0.25, 0.3) is 0 Å². The third kappa shape index (κ3) is 4.41. The number of carbonyl (C=O) groups is 2. The molecule has 23 heavy (non-hydrogen) atoms. The molecule has 0 bridgehead atoms. The summed E-state index contributed by atoms with van der Waals surface area (Å²) in [5.74, 6) is -0.948. The number of hydrogen-bond acceptors (Lipinski definition) is 5. The lowest BCUT2D eigenvalue weighted by Gasteiger charge is -2.06. The third-order valence-electron chi connectivity index (χ3n) is 3.21. The van der Waals surface area contributed by atoms with Gasteiger partial charge in [-0.1, -0.05) is 13.0 Å². The van der Waals surface area contributed by atoms with E-state index in [1.807, 2.05) is 19.9 Å². The largest absolute Gasteiger partial charge is 0.451 e. The minimum atomic E-state index is -0.501. The van der Waals surface area contributed by atoms with Gasteiger partial charge in [0, 0.05) is 10.6 Å². The van der Waals surface area contributed by atoms with Gasteiger partial charge in [-0.15, -0.1) is 11.3 Å². The Kier molecular flexibility index (Phi) is 5.50. The average molecular weight is 328 g/mol. The maximum atomic E-state index is 11.9. The van der Waals surface area contributed by atoms with Gasteiger partial charge in [-0.2, -0.15) is 5.26 Å². The first kappa shape index (κ1) is 16.7. The van der Waals surface area contributed by atoms with E-state index in [2.05, 4.69) is 5.32 Å². The van der Waals surface area contributed by atoms with Crippen LogP contribution in [0.4, 0.5) is 5.69 Å². The summed E-state index contributed by atoms with van der Waals surface area (Å²) in [6.45, 7) is 3.61. The summed E-state index contributed by atoms with van der Waals surface area (Å²) in [4.78, 5) is 25.3. The number of nitriles is 1. The zero-order valence-electron chi connectivity index (χ0n) is 12.9. The minimum absolute atomic E-state index is 0.367. The summed E-state index contributed by atoms with van der Waals surface area (Å²) in [6.07, 6.45) is 0.853. The lowest BCUT2D eigenvalue weighted by molar-refractivity contribution is -0.119. The standard InChI is InChI=1S/C17H16N2O3S/c1-3-13-8-15(23-11(13)2)17(21)22-10-16(20)19-14-6-4-5-12(7-14)9-18/h4-8H,3,10H2,1-2H3,(H,19,20). The highest BCUT2D eigenvalue weighted by molar-refractivity contribution is 7.14. The number of anilines is 1. The Bertz CT molecular complexity index is 774. The molecule has 0 aliphatic carbocycles. The van der Waals surface area contributed by atoms with E-state index in [0.717, 1.165) is 16.9 Å². The number of hydrogen-bond donors (Lipinski definition) is 1. The number of amides is 1. The van der Waals surface area contributed by atoms with Gasteiger partial charge in [0.05, 0.1) is 11.6 Å². The van der Waals surface area contributed by atoms with E-state index in [0.29, 0.717) is 16.1 Å². The van der Waals surface area contributed by atoms with Crippen LogP contribution in [0, 0.1) is 18.3 Å². The van der Waals surface area contributed by atoms with Crippen LogP contribution in [0.15, 0.2) is 30.3 Å². The van der Waals surface area contributed by atoms with Crippen molar-refractivity contribution in [2.45, 2.75) is 20.3 Å². The summed E-state index contributed by atoms with van der Waals surface area (Å²) in [7, 11) is 0. The van der Waals surface area contributed by atoms with Gasteiger partial charge in [0.25, 0.3) is 5.91 Å². The quantitative estimate of drug-likeness (QED) is 0.854. The molecule has 1 heterocycles. The van der Waals surface area contributed by atoms with Crippen molar-refractivity contribution in [3.05, 3.63) is 51.2 Å². The molecule has 5 nitrogen and oxygen atoms in total. The molecule has 0 unspecified atom stereocenters. The monoisotopic (exact) mass is 328 g/mol. The van der Waals surface area contributed by atoms with Crippen LogP contribution < -0.4 is 5.32 Å². The van der Waals surface area contributed by atoms with Crippen molar-refractivity contribution < 1.29 is 14.3 Å². The van der Waals surface area contributed by atoms with Crippen LogP contribution in [0.1, 0.15) is 32.6 Å². The molecule has 1 amide bonds. The van der Waals surface area contributed by atoms with E-state index < -0.39 is 11.9 Å². The topological polar surface area (TPSA) is 79.2 Å². The van der Waals surface area contributed by atoms with Crippen LogP contribution >= 0.6 is 11.3 Å². The third-order valence-corrected chi connectivity index (χ3v) is 4.29. The molecule has 1 aromatic carbocycles. The molecule has 0 saturated heterocycles. The molecule has 1 N–H and O–H groups in total. The number of thiophene rings is 1. The van der Waals surface area contributed by atoms with E-state index in [-0.39, 0.29) is 6.61 Å². The zero-order valence-corrected chi connectivity index (χ0v) is 13.7. The average Bonchev–Trinajstić information content (AvgIpc) is 2.93. The normalized spacial score (nSPS) is 9.96. The fourth-order valence-corrected chi connectivity index (χ4v) is 3.04. The summed E-state index contributed by atoms with van der Waals surface area (Å²) < 4.78 is 5.03. The Morgan fingerprint density at radius 1 is 1.35 bits per heavy atom. The van der Waals surface area contributed by atoms with Crippen molar-refractivity contribution in [2.75, 3.05) is 11.9 Å². The lowest BCUT2D eigenvalue weighted by Crippen LogP contribution is -2.20. The minimum Gasteiger partial charge on any atom is -0.451 e. The van der Waals surface area contributed by atoms with Crippen LogP contribution in [0.3, 0.4) is 0 Å². The van der Waals surface area contributed by atoms with E-state index >= 15 is 0 Å². The molecular weight excluding hydrogens is 312 g/mol. The number of aryl methyl sites for hydroxylation is 2. The molecule has 0 spiro atoms. The highest BCUT2D eigenvalue weighted by Gasteiger charge is 2.14. The van der Waals surface area contributed by atoms with Crippen molar-refractivity contribution >= 4 is 28.9 Å². The maximum absolute atomic E-state index is 11.9. The van der Waals surface area contributed by atoms with Crippen LogP contribution in [-0.2, 0) is 16.0 Å². The first-order chi connectivity index (χ1) is 11.0. The molecule has 0 atom stereocenters. The first-order valence-corrected chi connectivity index (χ1v) is 7.91. The molecule has 118 valence electrons. The molecule has 1 aromatic heterocycles. The van der Waals surface area contributed by atoms with Gasteiger partial charge in [-0.3, -0.25) is 4.79 Å². The molecular formula is C17H16N2O3S. The van der Waals surface area contributed by atoms with E-state index in [1.54, 1.807) is 30.3 Å². The number of esters is 1. The van der Waals surface area contributed by atoms with Crippen molar-refractivity contribution in [2.24, 2.45) is 0 Å². The highest BCUT2D eigenvalue weighted by Crippen LogP contribution is 2.22. The fraction of sp³-hybridized carbons (Fsp3) is 0.235. The van der Waals surface area contributed by atoms with Gasteiger partial charge in [0.1, 0.15) is 4.88 Å². The number of rotatable bonds is 5. The van der Waals surface area contributed by atoms with E-state index in [4.69, 9.17) is 10.00 Å². The molecule has 0 radical (unpaired) electrons. The van der Waals surface area contributed by atoms with Crippen molar-refractivity contribution in [1.82, 2.24) is 0 Å². The van der Waals surface area contributed by atoms with Crippen LogP contribution in [0.5, 0.6) is 0 Å². The molecule has 0 saturated carbocycles. The van der Waals surface area contributed by atoms with Crippen LogP contribution in [-0.4, -0.2) is 18.5 Å². The Morgan fingerprint density at radius 2 is 2.13 bits per heavy atom. The number of benzene rings is 1. The number of nitrogens with one attached hydrogen (secondary N) is 1. The Morgan fingerprint density at radius 3 is 2.78 bits per heavy atom. The second-order valence-corrected chi connectivity index (χ2v) is 6.12. The van der Waals surface area contributed by atoms with Crippen molar-refractivity contribution in [3.8, 4) is 6.07 Å².